The van der Waals surface area contributed by atoms with Crippen LogP contribution in [0.25, 0.3) is 0 Å². The van der Waals surface area contributed by atoms with Gasteiger partial charge in [-0.3, -0.25) is 9.36 Å². The van der Waals surface area contributed by atoms with Gasteiger partial charge < -0.3 is 4.98 Å². The third kappa shape index (κ3) is 1.90. The number of hydrogen-bond donors (Lipinski definition) is 1. The molecule has 0 aliphatic rings. The summed E-state index contributed by atoms with van der Waals surface area (Å²) in [7, 11) is 0. The van der Waals surface area contributed by atoms with Gasteiger partial charge >= 0.3 is 5.69 Å². The first-order valence-electron chi connectivity index (χ1n) is 4.24. The lowest BCUT2D eigenvalue weighted by Gasteiger charge is -2.02. The fourth-order valence-electron chi connectivity index (χ4n) is 1.15. The number of hydrogen-bond acceptors (Lipinski definition) is 2. The smallest absolute Gasteiger partial charge is 0.314 e. The normalized spacial score (nSPS) is 9.71. The van der Waals surface area contributed by atoms with Gasteiger partial charge in [0, 0.05) is 18.3 Å². The molecule has 0 fully saturated rings. The van der Waals surface area contributed by atoms with Crippen molar-refractivity contribution < 1.29 is 0 Å². The van der Waals surface area contributed by atoms with E-state index in [1.165, 1.54) is 12.3 Å². The summed E-state index contributed by atoms with van der Waals surface area (Å²) >= 11 is 0. The van der Waals surface area contributed by atoms with Crippen molar-refractivity contribution in [1.29, 1.82) is 0 Å². The molecule has 1 aromatic rings. The fraction of sp³-hybridized carbons (Fsp3) is 0.200. The van der Waals surface area contributed by atoms with Gasteiger partial charge in [0.15, 0.2) is 0 Å². The van der Waals surface area contributed by atoms with E-state index in [1.54, 1.807) is 6.08 Å². The van der Waals surface area contributed by atoms with Gasteiger partial charge in [0.05, 0.1) is 0 Å². The van der Waals surface area contributed by atoms with E-state index in [0.717, 1.165) is 4.57 Å². The Morgan fingerprint density at radius 2 is 2.07 bits per heavy atom. The van der Waals surface area contributed by atoms with Crippen LogP contribution >= 0.6 is 0 Å². The van der Waals surface area contributed by atoms with Gasteiger partial charge in [0.2, 0.25) is 0 Å². The van der Waals surface area contributed by atoms with Crippen LogP contribution in [0.2, 0.25) is 0 Å². The Morgan fingerprint density at radius 1 is 1.36 bits per heavy atom. The van der Waals surface area contributed by atoms with Crippen molar-refractivity contribution in [2.24, 2.45) is 0 Å². The van der Waals surface area contributed by atoms with Crippen molar-refractivity contribution in [3.8, 4) is 0 Å². The first kappa shape index (κ1) is 10.2. The van der Waals surface area contributed by atoms with Gasteiger partial charge in [-0.1, -0.05) is 12.2 Å². The Hall–Kier alpha value is -1.84. The third-order valence-corrected chi connectivity index (χ3v) is 1.81. The van der Waals surface area contributed by atoms with E-state index in [4.69, 9.17) is 0 Å². The topological polar surface area (TPSA) is 54.9 Å². The van der Waals surface area contributed by atoms with Crippen molar-refractivity contribution in [3.05, 3.63) is 57.9 Å². The highest BCUT2D eigenvalue weighted by Gasteiger charge is 2.03. The molecule has 4 nitrogen and oxygen atoms in total. The lowest BCUT2D eigenvalue weighted by atomic mass is 10.2. The van der Waals surface area contributed by atoms with Crippen molar-refractivity contribution in [2.75, 3.05) is 0 Å². The summed E-state index contributed by atoms with van der Waals surface area (Å²) in [6.07, 6.45) is 5.00. The molecule has 0 saturated carbocycles. The molecule has 0 aromatic carbocycles. The number of allylic oxidation sites excluding steroid dienone is 2. The number of nitrogens with zero attached hydrogens (tertiary/aromatic N) is 1. The molecule has 0 amide bonds. The summed E-state index contributed by atoms with van der Waals surface area (Å²) in [6, 6.07) is 0. The Morgan fingerprint density at radius 3 is 2.64 bits per heavy atom. The van der Waals surface area contributed by atoms with E-state index < -0.39 is 5.69 Å². The molecule has 0 aliphatic carbocycles. The highest BCUT2D eigenvalue weighted by Crippen LogP contribution is 1.88. The van der Waals surface area contributed by atoms with Gasteiger partial charge in [0.1, 0.15) is 0 Å². The highest BCUT2D eigenvalue weighted by atomic mass is 16.2. The first-order chi connectivity index (χ1) is 6.70. The SMILES string of the molecule is C=CCc1c[nH]c(=O)n(CC=C)c1=O. The molecule has 1 N–H and O–H groups in total. The second-order valence-corrected chi connectivity index (χ2v) is 2.82. The van der Waals surface area contributed by atoms with E-state index >= 15 is 0 Å². The van der Waals surface area contributed by atoms with Gasteiger partial charge in [-0.05, 0) is 6.42 Å². The molecule has 1 aromatic heterocycles. The summed E-state index contributed by atoms with van der Waals surface area (Å²) in [4.78, 5) is 25.3. The van der Waals surface area contributed by atoms with E-state index in [2.05, 4.69) is 18.1 Å². The van der Waals surface area contributed by atoms with Gasteiger partial charge in [0.25, 0.3) is 5.56 Å². The van der Waals surface area contributed by atoms with Crippen molar-refractivity contribution >= 4 is 0 Å². The van der Waals surface area contributed by atoms with Crippen LogP contribution in [0.1, 0.15) is 5.56 Å². The van der Waals surface area contributed by atoms with Crippen LogP contribution in [0.5, 0.6) is 0 Å². The maximum absolute atomic E-state index is 11.6. The van der Waals surface area contributed by atoms with E-state index in [-0.39, 0.29) is 12.1 Å². The summed E-state index contributed by atoms with van der Waals surface area (Å²) in [5.41, 5.74) is -0.169. The van der Waals surface area contributed by atoms with Crippen molar-refractivity contribution in [3.63, 3.8) is 0 Å². The lowest BCUT2D eigenvalue weighted by molar-refractivity contribution is 0.703. The highest BCUT2D eigenvalue weighted by molar-refractivity contribution is 5.08. The molecular formula is C10H12N2O2. The quantitative estimate of drug-likeness (QED) is 0.704. The van der Waals surface area contributed by atoms with Gasteiger partial charge in [-0.15, -0.1) is 13.2 Å². The minimum atomic E-state index is -0.414. The fourth-order valence-corrected chi connectivity index (χ4v) is 1.15. The van der Waals surface area contributed by atoms with Crippen molar-refractivity contribution in [2.45, 2.75) is 13.0 Å². The number of rotatable bonds is 4. The van der Waals surface area contributed by atoms with Crippen LogP contribution in [0, 0.1) is 0 Å². The average molecular weight is 192 g/mol. The van der Waals surface area contributed by atoms with Crippen LogP contribution in [0.4, 0.5) is 0 Å². The largest absolute Gasteiger partial charge is 0.328 e. The molecule has 0 atom stereocenters. The van der Waals surface area contributed by atoms with Crippen LogP contribution in [-0.4, -0.2) is 9.55 Å². The standard InChI is InChI=1S/C10H12N2O2/c1-3-5-8-7-11-10(14)12(6-4-2)9(8)13/h3-4,7H,1-2,5-6H2,(H,11,14). The average Bonchev–Trinajstić information content (AvgIpc) is 2.17. The van der Waals surface area contributed by atoms with E-state index in [9.17, 15) is 9.59 Å². The van der Waals surface area contributed by atoms with Gasteiger partial charge in [-0.2, -0.15) is 0 Å². The molecule has 0 unspecified atom stereocenters. The van der Waals surface area contributed by atoms with Crippen molar-refractivity contribution in [1.82, 2.24) is 9.55 Å². The Bertz CT molecular complexity index is 454. The third-order valence-electron chi connectivity index (χ3n) is 1.81. The summed E-state index contributed by atoms with van der Waals surface area (Å²) < 4.78 is 1.10. The summed E-state index contributed by atoms with van der Waals surface area (Å²) in [5.74, 6) is 0. The van der Waals surface area contributed by atoms with Gasteiger partial charge in [-0.25, -0.2) is 4.79 Å². The Balaban J connectivity index is 3.33. The molecular weight excluding hydrogens is 180 g/mol. The predicted octanol–water partition coefficient (Wildman–Crippen LogP) is 0.451. The maximum Gasteiger partial charge on any atom is 0.328 e. The van der Waals surface area contributed by atoms with Crippen LogP contribution in [0.15, 0.2) is 41.1 Å². The van der Waals surface area contributed by atoms with E-state index in [1.807, 2.05) is 0 Å². The molecule has 0 spiro atoms. The number of nitrogens with one attached hydrogen (secondary N) is 1. The molecule has 4 heteroatoms. The second kappa shape index (κ2) is 4.41. The molecule has 0 bridgehead atoms. The van der Waals surface area contributed by atoms with Crippen LogP contribution in [-0.2, 0) is 13.0 Å². The molecule has 0 radical (unpaired) electrons. The second-order valence-electron chi connectivity index (χ2n) is 2.82. The Labute approximate surface area is 81.2 Å². The molecule has 0 saturated heterocycles. The summed E-state index contributed by atoms with van der Waals surface area (Å²) in [6.45, 7) is 7.24. The zero-order chi connectivity index (χ0) is 10.6. The number of aromatic amines is 1. The zero-order valence-corrected chi connectivity index (χ0v) is 7.82. The van der Waals surface area contributed by atoms with Crippen LogP contribution < -0.4 is 11.2 Å². The number of aromatic nitrogens is 2. The minimum absolute atomic E-state index is 0.221. The maximum atomic E-state index is 11.6. The predicted molar refractivity (Wildman–Crippen MR) is 55.4 cm³/mol. The Kier molecular flexibility index (Phi) is 3.23. The molecule has 1 heterocycles. The van der Waals surface area contributed by atoms with E-state index in [0.29, 0.717) is 12.0 Å². The molecule has 1 rings (SSSR count). The summed E-state index contributed by atoms with van der Waals surface area (Å²) in [5, 5.41) is 0. The lowest BCUT2D eigenvalue weighted by Crippen LogP contribution is -2.36. The molecule has 74 valence electrons. The van der Waals surface area contributed by atoms with Crippen LogP contribution in [0.3, 0.4) is 0 Å². The molecule has 0 aliphatic heterocycles. The zero-order valence-electron chi connectivity index (χ0n) is 7.82. The molecule has 14 heavy (non-hydrogen) atoms. The minimum Gasteiger partial charge on any atom is -0.314 e. The monoisotopic (exact) mass is 192 g/mol. The first-order valence-corrected chi connectivity index (χ1v) is 4.24. The number of H-pyrrole nitrogens is 1.